The summed E-state index contributed by atoms with van der Waals surface area (Å²) in [6.45, 7) is 2.06. The number of ether oxygens (including phenoxy) is 1. The number of carbonyl (C=O) groups is 1. The van der Waals surface area contributed by atoms with Gasteiger partial charge in [0.15, 0.2) is 0 Å². The normalized spacial score (nSPS) is 11.6. The molecule has 0 fully saturated rings. The highest BCUT2D eigenvalue weighted by Gasteiger charge is 2.20. The van der Waals surface area contributed by atoms with Crippen LogP contribution in [-0.2, 0) is 0 Å². The van der Waals surface area contributed by atoms with Crippen LogP contribution in [0.1, 0.15) is 15.9 Å². The highest BCUT2D eigenvalue weighted by molar-refractivity contribution is 6.50. The quantitative estimate of drug-likeness (QED) is 0.132. The number of hydrogen-bond donors (Lipinski definition) is 1. The topological polar surface area (TPSA) is 53.4 Å². The van der Waals surface area contributed by atoms with Gasteiger partial charge in [-0.2, -0.15) is 0 Å². The molecule has 0 unspecified atom stereocenters. The van der Waals surface area contributed by atoms with Gasteiger partial charge >= 0.3 is 13.2 Å². The Kier molecular flexibility index (Phi) is 8.06. The van der Waals surface area contributed by atoms with Crippen molar-refractivity contribution in [1.82, 2.24) is 0 Å². The molecule has 0 aliphatic heterocycles. The molecule has 4 aromatic carbocycles. The predicted octanol–water partition coefficient (Wildman–Crippen LogP) is 6.24. The van der Waals surface area contributed by atoms with Gasteiger partial charge in [-0.15, -0.1) is 0 Å². The lowest BCUT2D eigenvalue weighted by Gasteiger charge is -2.04. The average molecular weight is 519 g/mol. The van der Waals surface area contributed by atoms with Gasteiger partial charge in [-0.3, -0.25) is 0 Å². The fourth-order valence-electron chi connectivity index (χ4n) is 3.65. The molecule has 192 valence electrons. The second-order valence-corrected chi connectivity index (χ2v) is 8.29. The molecule has 0 radical (unpaired) electrons. The van der Waals surface area contributed by atoms with Crippen molar-refractivity contribution in [2.24, 2.45) is 0 Å². The highest BCUT2D eigenvalue weighted by atomic mass is 19.5. The number of esters is 1. The third-order valence-electron chi connectivity index (χ3n) is 5.33. The van der Waals surface area contributed by atoms with E-state index in [4.69, 9.17) is 9.15 Å². The Labute approximate surface area is 216 Å². The van der Waals surface area contributed by atoms with Crippen molar-refractivity contribution in [3.63, 3.8) is 0 Å². The van der Waals surface area contributed by atoms with Crippen LogP contribution < -0.4 is 15.1 Å². The SMILES string of the molecule is Cc1ccc2oc(-c3ccccc3)cc(=[NH+]c3ccc(OC(=O)c4ccccc4)cc3)c2c1.F[B-](F)(F)F. The van der Waals surface area contributed by atoms with Gasteiger partial charge in [0, 0.05) is 17.7 Å². The van der Waals surface area contributed by atoms with Gasteiger partial charge in [0.05, 0.1) is 17.0 Å². The van der Waals surface area contributed by atoms with E-state index in [9.17, 15) is 22.1 Å². The number of nitrogens with one attached hydrogen (secondary N) is 1. The second kappa shape index (κ2) is 11.6. The number of hydrogen-bond acceptors (Lipinski definition) is 3. The minimum absolute atomic E-state index is 0.380. The van der Waals surface area contributed by atoms with E-state index in [1.165, 1.54) is 0 Å². The maximum Gasteiger partial charge on any atom is 0.673 e. The van der Waals surface area contributed by atoms with Crippen molar-refractivity contribution in [3.8, 4) is 17.1 Å². The van der Waals surface area contributed by atoms with Crippen LogP contribution in [0, 0.1) is 6.92 Å². The zero-order valence-corrected chi connectivity index (χ0v) is 20.2. The largest absolute Gasteiger partial charge is 0.673 e. The molecule has 0 spiro atoms. The van der Waals surface area contributed by atoms with Gasteiger partial charge < -0.3 is 26.4 Å². The van der Waals surface area contributed by atoms with Crippen molar-refractivity contribution in [3.05, 3.63) is 126 Å². The number of fused-ring (bicyclic) bond motifs is 1. The summed E-state index contributed by atoms with van der Waals surface area (Å²) in [5.41, 5.74) is 4.35. The summed E-state index contributed by atoms with van der Waals surface area (Å²) in [5.74, 6) is 0.890. The Morgan fingerprint density at radius 2 is 1.39 bits per heavy atom. The maximum atomic E-state index is 12.3. The van der Waals surface area contributed by atoms with Gasteiger partial charge in [-0.05, 0) is 43.3 Å². The van der Waals surface area contributed by atoms with Crippen molar-refractivity contribution in [2.45, 2.75) is 6.92 Å². The summed E-state index contributed by atoms with van der Waals surface area (Å²) in [5, 5.41) is 1.93. The van der Waals surface area contributed by atoms with Crippen LogP contribution in [0.3, 0.4) is 0 Å². The van der Waals surface area contributed by atoms with E-state index in [1.54, 1.807) is 24.3 Å². The zero-order chi connectivity index (χ0) is 27.1. The van der Waals surface area contributed by atoms with Crippen molar-refractivity contribution < 1.29 is 36.2 Å². The molecule has 4 nitrogen and oxygen atoms in total. The number of rotatable bonds is 4. The second-order valence-electron chi connectivity index (χ2n) is 8.29. The van der Waals surface area contributed by atoms with E-state index < -0.39 is 7.25 Å². The number of carbonyl (C=O) groups excluding carboxylic acids is 1. The fraction of sp³-hybridized carbons (Fsp3) is 0.0345. The molecule has 38 heavy (non-hydrogen) atoms. The lowest BCUT2D eigenvalue weighted by molar-refractivity contribution is -0.400. The van der Waals surface area contributed by atoms with E-state index in [0.717, 1.165) is 38.9 Å². The van der Waals surface area contributed by atoms with E-state index in [-0.39, 0.29) is 5.97 Å². The molecule has 0 bridgehead atoms. The molecule has 1 N–H and O–H groups in total. The summed E-state index contributed by atoms with van der Waals surface area (Å²) >= 11 is 0. The summed E-state index contributed by atoms with van der Waals surface area (Å²) < 4.78 is 50.7. The molecular formula is C29H22BF4NO3. The van der Waals surface area contributed by atoms with Gasteiger partial charge in [0.1, 0.15) is 17.1 Å². The third kappa shape index (κ3) is 7.43. The Morgan fingerprint density at radius 1 is 0.789 bits per heavy atom. The van der Waals surface area contributed by atoms with E-state index in [1.807, 2.05) is 78.9 Å². The van der Waals surface area contributed by atoms with Gasteiger partial charge in [-0.25, -0.2) is 9.79 Å². The Balaban J connectivity index is 0.000000617. The van der Waals surface area contributed by atoms with Crippen molar-refractivity contribution >= 4 is 29.9 Å². The smallest absolute Gasteiger partial charge is 0.456 e. The number of benzene rings is 4. The fourth-order valence-corrected chi connectivity index (χ4v) is 3.65. The molecule has 1 heterocycles. The van der Waals surface area contributed by atoms with Crippen LogP contribution in [0.25, 0.3) is 22.3 Å². The van der Waals surface area contributed by atoms with Crippen LogP contribution in [0.5, 0.6) is 5.75 Å². The van der Waals surface area contributed by atoms with Gasteiger partial charge in [0.25, 0.3) is 0 Å². The van der Waals surface area contributed by atoms with Crippen molar-refractivity contribution in [1.29, 1.82) is 0 Å². The van der Waals surface area contributed by atoms with Crippen LogP contribution in [0.15, 0.2) is 114 Å². The van der Waals surface area contributed by atoms with E-state index >= 15 is 0 Å². The van der Waals surface area contributed by atoms with Crippen LogP contribution in [0.2, 0.25) is 0 Å². The zero-order valence-electron chi connectivity index (χ0n) is 20.2. The molecule has 0 amide bonds. The van der Waals surface area contributed by atoms with Crippen LogP contribution in [-0.4, -0.2) is 13.2 Å². The van der Waals surface area contributed by atoms with Gasteiger partial charge in [0.2, 0.25) is 11.0 Å². The molecule has 9 heteroatoms. The Hall–Kier alpha value is -4.66. The van der Waals surface area contributed by atoms with Crippen LogP contribution >= 0.6 is 0 Å². The van der Waals surface area contributed by atoms with E-state index in [2.05, 4.69) is 18.0 Å². The van der Waals surface area contributed by atoms with Gasteiger partial charge in [-0.1, -0.05) is 60.2 Å². The molecule has 0 aliphatic rings. The molecule has 1 aromatic heterocycles. The molecule has 0 saturated heterocycles. The number of aryl methyl sites for hydroxylation is 1. The first-order chi connectivity index (χ1) is 18.2. The minimum Gasteiger partial charge on any atom is -0.456 e. The molecule has 5 aromatic rings. The van der Waals surface area contributed by atoms with E-state index in [0.29, 0.717) is 11.3 Å². The first kappa shape index (κ1) is 26.4. The molecular weight excluding hydrogens is 497 g/mol. The first-order valence-electron chi connectivity index (χ1n) is 11.6. The van der Waals surface area contributed by atoms with Crippen LogP contribution in [0.4, 0.5) is 23.0 Å². The predicted molar refractivity (Wildman–Crippen MR) is 138 cm³/mol. The third-order valence-corrected chi connectivity index (χ3v) is 5.33. The highest BCUT2D eigenvalue weighted by Crippen LogP contribution is 2.22. The standard InChI is InChI=1S/C29H21NO3.BF4/c1-20-12-17-27-25(18-20)26(19-28(33-27)21-8-4-2-5-9-21)30-23-13-15-24(16-14-23)32-29(31)22-10-6-3-7-11-22;2-1(3,4)5/h2-19H,1H3;/q;-1/p+1. The Bertz CT molecular complexity index is 1600. The molecule has 0 saturated carbocycles. The molecule has 5 rings (SSSR count). The Morgan fingerprint density at radius 3 is 2.03 bits per heavy atom. The average Bonchev–Trinajstić information content (AvgIpc) is 2.90. The van der Waals surface area contributed by atoms with Crippen molar-refractivity contribution in [2.75, 3.05) is 0 Å². The summed E-state index contributed by atoms with van der Waals surface area (Å²) in [7, 11) is -6.00. The minimum atomic E-state index is -6.00. The first-order valence-corrected chi connectivity index (χ1v) is 11.6. The molecule has 0 aliphatic carbocycles. The summed E-state index contributed by atoms with van der Waals surface area (Å²) in [4.78, 5) is 15.8. The summed E-state index contributed by atoms with van der Waals surface area (Å²) in [6, 6.07) is 34.5. The summed E-state index contributed by atoms with van der Waals surface area (Å²) in [6.07, 6.45) is 0. The monoisotopic (exact) mass is 519 g/mol. The maximum absolute atomic E-state index is 12.3. The lowest BCUT2D eigenvalue weighted by Crippen LogP contribution is -2.70. The lowest BCUT2D eigenvalue weighted by atomic mass is 10.1. The number of halogens is 4. The molecule has 0 atom stereocenters.